The fraction of sp³-hybridized carbons (Fsp3) is 0.471. The molecule has 0 aliphatic rings. The number of rotatable bonds is 11. The summed E-state index contributed by atoms with van der Waals surface area (Å²) in [6, 6.07) is -0.0401. The summed E-state index contributed by atoms with van der Waals surface area (Å²) in [5, 5.41) is 2.47. The van der Waals surface area contributed by atoms with E-state index in [9.17, 15) is 31.9 Å². The van der Waals surface area contributed by atoms with Crippen molar-refractivity contribution < 1.29 is 46.2 Å². The number of hydrogen-bond acceptors (Lipinski definition) is 7. The van der Waals surface area contributed by atoms with E-state index in [1.807, 2.05) is 0 Å². The minimum atomic E-state index is -1.88. The molecular formula is C17H20F4N2O6. The Hall–Kier alpha value is -2.73. The van der Waals surface area contributed by atoms with E-state index in [2.05, 4.69) is 10.1 Å². The Bertz CT molecular complexity index is 721. The lowest BCUT2D eigenvalue weighted by atomic mass is 10.2. The predicted octanol–water partition coefficient (Wildman–Crippen LogP) is 0.952. The van der Waals surface area contributed by atoms with Gasteiger partial charge in [-0.05, 0) is 0 Å². The van der Waals surface area contributed by atoms with Crippen molar-refractivity contribution in [3.8, 4) is 5.75 Å². The lowest BCUT2D eigenvalue weighted by Gasteiger charge is -2.17. The lowest BCUT2D eigenvalue weighted by Crippen LogP contribution is -2.38. The molecule has 0 saturated heterocycles. The van der Waals surface area contributed by atoms with Gasteiger partial charge in [-0.2, -0.15) is 8.78 Å². The van der Waals surface area contributed by atoms with Gasteiger partial charge in [0.25, 0.3) is 0 Å². The van der Waals surface area contributed by atoms with Crippen LogP contribution in [0.3, 0.4) is 0 Å². The van der Waals surface area contributed by atoms with Gasteiger partial charge in [-0.25, -0.2) is 8.78 Å². The van der Waals surface area contributed by atoms with Crippen LogP contribution in [0.15, 0.2) is 6.07 Å². The zero-order chi connectivity index (χ0) is 22.0. The zero-order valence-corrected chi connectivity index (χ0v) is 15.4. The van der Waals surface area contributed by atoms with Crippen molar-refractivity contribution in [2.75, 3.05) is 26.8 Å². The third-order valence-corrected chi connectivity index (χ3v) is 3.37. The minimum Gasteiger partial charge on any atom is -0.458 e. The van der Waals surface area contributed by atoms with E-state index >= 15 is 0 Å². The number of benzene rings is 1. The number of halogens is 4. The van der Waals surface area contributed by atoms with Gasteiger partial charge in [-0.3, -0.25) is 14.4 Å². The maximum absolute atomic E-state index is 13.5. The molecule has 12 heteroatoms. The topological polar surface area (TPSA) is 117 Å². The summed E-state index contributed by atoms with van der Waals surface area (Å²) in [6.45, 7) is 0.0129. The van der Waals surface area contributed by atoms with Gasteiger partial charge < -0.3 is 25.3 Å². The third kappa shape index (κ3) is 8.03. The van der Waals surface area contributed by atoms with Crippen molar-refractivity contribution in [2.24, 2.45) is 5.73 Å². The molecule has 29 heavy (non-hydrogen) atoms. The molecule has 1 aromatic rings. The van der Waals surface area contributed by atoms with Crippen molar-refractivity contribution in [3.05, 3.63) is 29.3 Å². The van der Waals surface area contributed by atoms with Crippen LogP contribution in [0.2, 0.25) is 0 Å². The van der Waals surface area contributed by atoms with E-state index in [0.717, 1.165) is 0 Å². The van der Waals surface area contributed by atoms with Gasteiger partial charge in [0.05, 0.1) is 26.0 Å². The smallest absolute Gasteiger partial charge is 0.311 e. The highest BCUT2D eigenvalue weighted by molar-refractivity contribution is 5.79. The fourth-order valence-electron chi connectivity index (χ4n) is 2.02. The van der Waals surface area contributed by atoms with Crippen molar-refractivity contribution in [3.63, 3.8) is 0 Å². The van der Waals surface area contributed by atoms with Crippen LogP contribution in [0, 0.1) is 23.3 Å². The van der Waals surface area contributed by atoms with Gasteiger partial charge in [0.1, 0.15) is 6.10 Å². The molecule has 3 N–H and O–H groups in total. The Balaban J connectivity index is 2.56. The predicted molar refractivity (Wildman–Crippen MR) is 89.6 cm³/mol. The van der Waals surface area contributed by atoms with Crippen LogP contribution in [0.1, 0.15) is 19.3 Å². The first-order valence-corrected chi connectivity index (χ1v) is 8.38. The van der Waals surface area contributed by atoms with E-state index < -0.39 is 59.9 Å². The average molecular weight is 424 g/mol. The van der Waals surface area contributed by atoms with E-state index in [0.29, 0.717) is 0 Å². The summed E-state index contributed by atoms with van der Waals surface area (Å²) in [4.78, 5) is 34.8. The number of nitrogens with one attached hydrogen (secondary N) is 1. The number of carbonyl (C=O) groups is 3. The van der Waals surface area contributed by atoms with Crippen molar-refractivity contribution in [1.82, 2.24) is 5.32 Å². The zero-order valence-electron chi connectivity index (χ0n) is 15.4. The number of carbonyl (C=O) groups excluding carboxylic acids is 3. The third-order valence-electron chi connectivity index (χ3n) is 3.37. The second-order valence-corrected chi connectivity index (χ2v) is 5.68. The molecule has 0 aromatic heterocycles. The largest absolute Gasteiger partial charge is 0.458 e. The molecule has 0 saturated carbocycles. The maximum Gasteiger partial charge on any atom is 0.311 e. The Morgan fingerprint density at radius 3 is 2.17 bits per heavy atom. The molecule has 0 spiro atoms. The molecule has 0 bridgehead atoms. The molecule has 1 aromatic carbocycles. The monoisotopic (exact) mass is 424 g/mol. The van der Waals surface area contributed by atoms with Gasteiger partial charge >= 0.3 is 11.9 Å². The lowest BCUT2D eigenvalue weighted by molar-refractivity contribution is -0.154. The highest BCUT2D eigenvalue weighted by atomic mass is 19.2. The van der Waals surface area contributed by atoms with Gasteiger partial charge in [-0.1, -0.05) is 0 Å². The molecule has 162 valence electrons. The van der Waals surface area contributed by atoms with Crippen LogP contribution in [0.25, 0.3) is 0 Å². The molecule has 0 aliphatic carbocycles. The molecular weight excluding hydrogens is 404 g/mol. The molecule has 0 radical (unpaired) electrons. The second kappa shape index (κ2) is 12.0. The molecule has 0 fully saturated rings. The normalized spacial score (nSPS) is 11.7. The van der Waals surface area contributed by atoms with E-state index in [-0.39, 0.29) is 38.1 Å². The number of ether oxygens (including phenoxy) is 3. The van der Waals surface area contributed by atoms with E-state index in [4.69, 9.17) is 15.2 Å². The number of methoxy groups -OCH3 is 1. The van der Waals surface area contributed by atoms with Gasteiger partial charge in [0.15, 0.2) is 11.6 Å². The highest BCUT2D eigenvalue weighted by Gasteiger charge is 2.24. The quantitative estimate of drug-likeness (QED) is 0.235. The molecule has 1 rings (SSSR count). The second-order valence-electron chi connectivity index (χ2n) is 5.68. The first-order chi connectivity index (χ1) is 13.7. The Morgan fingerprint density at radius 1 is 1.03 bits per heavy atom. The van der Waals surface area contributed by atoms with Crippen molar-refractivity contribution in [1.29, 1.82) is 0 Å². The summed E-state index contributed by atoms with van der Waals surface area (Å²) in [5.74, 6) is -11.4. The summed E-state index contributed by atoms with van der Waals surface area (Å²) < 4.78 is 67.2. The Labute approximate surface area is 163 Å². The Kier molecular flexibility index (Phi) is 10.0. The van der Waals surface area contributed by atoms with Crippen molar-refractivity contribution >= 4 is 17.8 Å². The van der Waals surface area contributed by atoms with Crippen LogP contribution in [-0.2, 0) is 23.9 Å². The molecule has 0 heterocycles. The van der Waals surface area contributed by atoms with Gasteiger partial charge in [0, 0.05) is 26.1 Å². The maximum atomic E-state index is 13.5. The standard InChI is InChI=1S/C17H20F4N2O6/c1-27-8-9(7-23-12(24)4-5-22)28-13(25)2-3-14(26)29-17-15(20)10(18)6-11(19)16(17)21/h6,9H,2-5,7-8,22H2,1H3,(H,23,24). The molecule has 1 amide bonds. The Morgan fingerprint density at radius 2 is 1.62 bits per heavy atom. The van der Waals surface area contributed by atoms with Crippen LogP contribution >= 0.6 is 0 Å². The highest BCUT2D eigenvalue weighted by Crippen LogP contribution is 2.26. The number of esters is 2. The summed E-state index contributed by atoms with van der Waals surface area (Å²) >= 11 is 0. The average Bonchev–Trinajstić information content (AvgIpc) is 2.66. The first-order valence-electron chi connectivity index (χ1n) is 8.38. The first kappa shape index (κ1) is 24.3. The van der Waals surface area contributed by atoms with Crippen LogP contribution < -0.4 is 15.8 Å². The van der Waals surface area contributed by atoms with Crippen molar-refractivity contribution in [2.45, 2.75) is 25.4 Å². The van der Waals surface area contributed by atoms with Gasteiger partial charge in [-0.15, -0.1) is 0 Å². The summed E-state index contributed by atoms with van der Waals surface area (Å²) in [7, 11) is 1.33. The van der Waals surface area contributed by atoms with E-state index in [1.165, 1.54) is 7.11 Å². The SMILES string of the molecule is COCC(CNC(=O)CCN)OC(=O)CCC(=O)Oc1c(F)c(F)cc(F)c1F. The molecule has 0 aliphatic heterocycles. The van der Waals surface area contributed by atoms with E-state index in [1.54, 1.807) is 0 Å². The number of hydrogen-bond donors (Lipinski definition) is 2. The summed E-state index contributed by atoms with van der Waals surface area (Å²) in [6.07, 6.45) is -2.03. The number of nitrogens with two attached hydrogens (primary N) is 1. The fourth-order valence-corrected chi connectivity index (χ4v) is 2.02. The molecule has 1 unspecified atom stereocenters. The van der Waals surface area contributed by atoms with Crippen LogP contribution in [0.5, 0.6) is 5.75 Å². The molecule has 8 nitrogen and oxygen atoms in total. The number of amides is 1. The van der Waals surface area contributed by atoms with Crippen LogP contribution in [0.4, 0.5) is 17.6 Å². The summed E-state index contributed by atoms with van der Waals surface area (Å²) in [5.41, 5.74) is 5.23. The molecule has 1 atom stereocenters. The van der Waals surface area contributed by atoms with Crippen LogP contribution in [-0.4, -0.2) is 50.8 Å². The minimum absolute atomic E-state index is 0.0401. The van der Waals surface area contributed by atoms with Gasteiger partial charge in [0.2, 0.25) is 23.3 Å².